The molecule has 11 heteroatoms. The average molecular weight is 420 g/mol. The Morgan fingerprint density at radius 2 is 2.11 bits per heavy atom. The molecule has 0 aliphatic carbocycles. The first-order valence-corrected chi connectivity index (χ1v) is 8.52. The summed E-state index contributed by atoms with van der Waals surface area (Å²) in [6.07, 6.45) is 0.534. The predicted octanol–water partition coefficient (Wildman–Crippen LogP) is 0.780. The second-order valence-electron chi connectivity index (χ2n) is 6.49. The van der Waals surface area contributed by atoms with Gasteiger partial charge >= 0.3 is 6.09 Å². The minimum Gasteiger partial charge on any atom is -0.480 e. The fraction of sp³-hybridized carbons (Fsp3) is 0.562. The van der Waals surface area contributed by atoms with Crippen LogP contribution in [0.3, 0.4) is 0 Å². The molecule has 1 aromatic rings. The van der Waals surface area contributed by atoms with Gasteiger partial charge in [-0.2, -0.15) is 0 Å². The number of anilines is 2. The van der Waals surface area contributed by atoms with Crippen LogP contribution in [0.4, 0.5) is 16.4 Å². The van der Waals surface area contributed by atoms with Gasteiger partial charge in [0.25, 0.3) is 5.91 Å². The number of aromatic nitrogens is 1. The second-order valence-corrected chi connectivity index (χ2v) is 6.49. The highest BCUT2D eigenvalue weighted by Crippen LogP contribution is 2.29. The molecule has 0 aromatic carbocycles. The summed E-state index contributed by atoms with van der Waals surface area (Å²) in [5.41, 5.74) is 0. The Labute approximate surface area is 169 Å². The van der Waals surface area contributed by atoms with Crippen LogP contribution in [0.25, 0.3) is 0 Å². The third-order valence-electron chi connectivity index (χ3n) is 4.58. The zero-order valence-corrected chi connectivity index (χ0v) is 16.2. The number of halogens is 2. The standard InChI is InChI=1S/C16H21N5O4.2ClH/c22-14-9-24-12-1-2-13(19-15(12)20-14)21-8-11(25-16(21)23)7-18-6-10-3-4-17-5-10;;/h1-2,10-11,17-18H,3-9H2,(H,19,20,22);2*1H/t10-,11+;;/m1../s1. The summed E-state index contributed by atoms with van der Waals surface area (Å²) in [4.78, 5) is 29.3. The van der Waals surface area contributed by atoms with Gasteiger partial charge in [-0.15, -0.1) is 24.8 Å². The van der Waals surface area contributed by atoms with Crippen LogP contribution in [0.2, 0.25) is 0 Å². The summed E-state index contributed by atoms with van der Waals surface area (Å²) in [5.74, 6) is 1.65. The fourth-order valence-electron chi connectivity index (χ4n) is 3.26. The van der Waals surface area contributed by atoms with Gasteiger partial charge in [-0.25, -0.2) is 9.78 Å². The number of rotatable bonds is 5. The summed E-state index contributed by atoms with van der Waals surface area (Å²) in [5, 5.41) is 9.35. The SMILES string of the molecule is Cl.Cl.O=C1COc2ccc(N3C[C@H](CNC[C@@H]4CCNC4)OC3=O)nc2N1. The predicted molar refractivity (Wildman–Crippen MR) is 104 cm³/mol. The first-order chi connectivity index (χ1) is 12.2. The van der Waals surface area contributed by atoms with Crippen LogP contribution in [0, 0.1) is 5.92 Å². The van der Waals surface area contributed by atoms with E-state index >= 15 is 0 Å². The van der Waals surface area contributed by atoms with E-state index in [-0.39, 0.29) is 43.4 Å². The summed E-state index contributed by atoms with van der Waals surface area (Å²) in [7, 11) is 0. The molecule has 2 saturated heterocycles. The first kappa shape index (κ1) is 21.5. The number of hydrogen-bond donors (Lipinski definition) is 3. The van der Waals surface area contributed by atoms with E-state index in [4.69, 9.17) is 9.47 Å². The van der Waals surface area contributed by atoms with Gasteiger partial charge in [0.1, 0.15) is 11.9 Å². The van der Waals surface area contributed by atoms with Crippen LogP contribution >= 0.6 is 24.8 Å². The molecule has 0 unspecified atom stereocenters. The zero-order valence-electron chi connectivity index (χ0n) is 14.6. The molecule has 3 N–H and O–H groups in total. The third-order valence-corrected chi connectivity index (χ3v) is 4.58. The maximum atomic E-state index is 12.1. The van der Waals surface area contributed by atoms with E-state index in [2.05, 4.69) is 20.9 Å². The number of nitrogens with zero attached hydrogens (tertiary/aromatic N) is 2. The number of cyclic esters (lactones) is 1. The lowest BCUT2D eigenvalue weighted by molar-refractivity contribution is -0.118. The van der Waals surface area contributed by atoms with Crippen molar-refractivity contribution in [1.82, 2.24) is 15.6 Å². The average Bonchev–Trinajstić information content (AvgIpc) is 3.24. The van der Waals surface area contributed by atoms with Gasteiger partial charge in [-0.05, 0) is 44.1 Å². The molecule has 3 aliphatic rings. The lowest BCUT2D eigenvalue weighted by Crippen LogP contribution is -2.34. The van der Waals surface area contributed by atoms with Gasteiger partial charge in [-0.1, -0.05) is 0 Å². The highest BCUT2D eigenvalue weighted by molar-refractivity contribution is 5.95. The van der Waals surface area contributed by atoms with Gasteiger partial charge in [0, 0.05) is 6.54 Å². The minimum atomic E-state index is -0.426. The van der Waals surface area contributed by atoms with Crippen molar-refractivity contribution in [2.75, 3.05) is 49.5 Å². The van der Waals surface area contributed by atoms with E-state index in [0.717, 1.165) is 19.6 Å². The lowest BCUT2D eigenvalue weighted by Gasteiger charge is -2.19. The molecule has 150 valence electrons. The van der Waals surface area contributed by atoms with Crippen LogP contribution < -0.4 is 25.6 Å². The van der Waals surface area contributed by atoms with Crippen molar-refractivity contribution in [1.29, 1.82) is 0 Å². The Morgan fingerprint density at radius 3 is 2.89 bits per heavy atom. The monoisotopic (exact) mass is 419 g/mol. The van der Waals surface area contributed by atoms with Gasteiger partial charge < -0.3 is 25.4 Å². The van der Waals surface area contributed by atoms with E-state index in [9.17, 15) is 9.59 Å². The van der Waals surface area contributed by atoms with E-state index in [1.165, 1.54) is 11.3 Å². The van der Waals surface area contributed by atoms with Crippen molar-refractivity contribution in [2.45, 2.75) is 12.5 Å². The smallest absolute Gasteiger partial charge is 0.416 e. The van der Waals surface area contributed by atoms with Crippen LogP contribution in [-0.2, 0) is 9.53 Å². The number of pyridine rings is 1. The third kappa shape index (κ3) is 4.92. The number of carbonyl (C=O) groups is 2. The molecule has 4 heterocycles. The number of hydrogen-bond acceptors (Lipinski definition) is 7. The van der Waals surface area contributed by atoms with E-state index < -0.39 is 6.09 Å². The summed E-state index contributed by atoms with van der Waals surface area (Å²) in [6, 6.07) is 3.39. The Bertz CT molecular complexity index is 687. The van der Waals surface area contributed by atoms with Crippen LogP contribution in [-0.4, -0.2) is 62.4 Å². The molecule has 3 aliphatic heterocycles. The number of ether oxygens (including phenoxy) is 2. The number of carbonyl (C=O) groups excluding carboxylic acids is 2. The largest absolute Gasteiger partial charge is 0.480 e. The van der Waals surface area contributed by atoms with E-state index in [1.807, 2.05) is 0 Å². The molecule has 0 radical (unpaired) electrons. The molecule has 4 rings (SSSR count). The van der Waals surface area contributed by atoms with Crippen molar-refractivity contribution in [3.63, 3.8) is 0 Å². The first-order valence-electron chi connectivity index (χ1n) is 8.52. The van der Waals surface area contributed by atoms with Crippen molar-refractivity contribution >= 4 is 48.5 Å². The van der Waals surface area contributed by atoms with E-state index in [0.29, 0.717) is 36.4 Å². The molecule has 9 nitrogen and oxygen atoms in total. The molecule has 2 fully saturated rings. The lowest BCUT2D eigenvalue weighted by atomic mass is 10.1. The quantitative estimate of drug-likeness (QED) is 0.647. The molecule has 2 amide bonds. The summed E-state index contributed by atoms with van der Waals surface area (Å²) >= 11 is 0. The van der Waals surface area contributed by atoms with Gasteiger partial charge in [-0.3, -0.25) is 9.69 Å². The molecular formula is C16H23Cl2N5O4. The maximum Gasteiger partial charge on any atom is 0.416 e. The van der Waals surface area contributed by atoms with Crippen LogP contribution in [0.1, 0.15) is 6.42 Å². The summed E-state index contributed by atoms with van der Waals surface area (Å²) < 4.78 is 10.7. The number of nitrogens with one attached hydrogen (secondary N) is 3. The van der Waals surface area contributed by atoms with Crippen LogP contribution in [0.15, 0.2) is 12.1 Å². The fourth-order valence-corrected chi connectivity index (χ4v) is 3.26. The molecule has 27 heavy (non-hydrogen) atoms. The maximum absolute atomic E-state index is 12.1. The van der Waals surface area contributed by atoms with Crippen molar-refractivity contribution in [3.8, 4) is 5.75 Å². The van der Waals surface area contributed by atoms with Gasteiger partial charge in [0.2, 0.25) is 0 Å². The minimum absolute atomic E-state index is 0. The van der Waals surface area contributed by atoms with Crippen molar-refractivity contribution in [3.05, 3.63) is 12.1 Å². The Hall–Kier alpha value is -1.81. The highest BCUT2D eigenvalue weighted by Gasteiger charge is 2.34. The topological polar surface area (TPSA) is 105 Å². The Kier molecular flexibility index (Phi) is 7.49. The molecule has 2 atom stereocenters. The van der Waals surface area contributed by atoms with Crippen molar-refractivity contribution in [2.24, 2.45) is 5.92 Å². The van der Waals surface area contributed by atoms with Gasteiger partial charge in [0.15, 0.2) is 18.2 Å². The second kappa shape index (κ2) is 9.41. The number of fused-ring (bicyclic) bond motifs is 1. The molecule has 1 aromatic heterocycles. The normalized spacial score (nSPS) is 23.5. The van der Waals surface area contributed by atoms with Crippen molar-refractivity contribution < 1.29 is 19.1 Å². The van der Waals surface area contributed by atoms with Crippen LogP contribution in [0.5, 0.6) is 5.75 Å². The van der Waals surface area contributed by atoms with Gasteiger partial charge in [0.05, 0.1) is 6.54 Å². The molecular weight excluding hydrogens is 397 g/mol. The Morgan fingerprint density at radius 1 is 1.26 bits per heavy atom. The molecule has 0 spiro atoms. The highest BCUT2D eigenvalue weighted by atomic mass is 35.5. The Balaban J connectivity index is 0.00000131. The summed E-state index contributed by atoms with van der Waals surface area (Å²) in [6.45, 7) is 4.05. The van der Waals surface area contributed by atoms with E-state index in [1.54, 1.807) is 12.1 Å². The molecule has 0 saturated carbocycles. The number of amides is 2. The molecule has 0 bridgehead atoms. The zero-order chi connectivity index (χ0) is 17.2.